The van der Waals surface area contributed by atoms with E-state index in [-0.39, 0.29) is 17.4 Å². The van der Waals surface area contributed by atoms with Crippen molar-refractivity contribution in [3.63, 3.8) is 0 Å². The predicted molar refractivity (Wildman–Crippen MR) is 134 cm³/mol. The van der Waals surface area contributed by atoms with E-state index in [0.717, 1.165) is 55.4 Å². The zero-order valence-corrected chi connectivity index (χ0v) is 21.3. The highest BCUT2D eigenvalue weighted by Crippen LogP contribution is 2.45. The fourth-order valence-corrected chi connectivity index (χ4v) is 5.84. The number of hydrogen-bond acceptors (Lipinski definition) is 4. The molecule has 2 aromatic rings. The molecule has 200 valence electrons. The van der Waals surface area contributed by atoms with Gasteiger partial charge in [-0.2, -0.15) is 13.2 Å². The molecule has 2 aromatic carbocycles. The van der Waals surface area contributed by atoms with E-state index in [9.17, 15) is 22.8 Å². The molecule has 0 radical (unpaired) electrons. The van der Waals surface area contributed by atoms with Crippen molar-refractivity contribution in [1.82, 2.24) is 0 Å². The molecular formula is C30H35F3O4. The Labute approximate surface area is 216 Å². The summed E-state index contributed by atoms with van der Waals surface area (Å²) >= 11 is 0. The van der Waals surface area contributed by atoms with Crippen molar-refractivity contribution in [3.05, 3.63) is 65.2 Å². The Balaban J connectivity index is 1.25. The summed E-state index contributed by atoms with van der Waals surface area (Å²) in [6.45, 7) is 2.25. The van der Waals surface area contributed by atoms with E-state index in [1.165, 1.54) is 69.2 Å². The highest BCUT2D eigenvalue weighted by Gasteiger charge is 2.36. The van der Waals surface area contributed by atoms with Gasteiger partial charge in [0.25, 0.3) is 0 Å². The molecule has 4 rings (SSSR count). The molecule has 2 saturated carbocycles. The first-order valence-corrected chi connectivity index (χ1v) is 13.4. The second kappa shape index (κ2) is 12.1. The van der Waals surface area contributed by atoms with Gasteiger partial charge in [0.2, 0.25) is 0 Å². The number of esters is 2. The van der Waals surface area contributed by atoms with Crippen molar-refractivity contribution in [2.24, 2.45) is 17.8 Å². The molecule has 4 nitrogen and oxygen atoms in total. The highest BCUT2D eigenvalue weighted by atomic mass is 19.4. The molecule has 0 aromatic heterocycles. The van der Waals surface area contributed by atoms with E-state index >= 15 is 0 Å². The molecule has 0 heterocycles. The Morgan fingerprint density at radius 3 is 2.11 bits per heavy atom. The lowest BCUT2D eigenvalue weighted by atomic mass is 9.66. The summed E-state index contributed by atoms with van der Waals surface area (Å²) in [5, 5.41) is 0. The zero-order valence-electron chi connectivity index (χ0n) is 21.3. The maximum Gasteiger partial charge on any atom is 0.416 e. The third-order valence-corrected chi connectivity index (χ3v) is 7.91. The van der Waals surface area contributed by atoms with E-state index in [4.69, 9.17) is 9.47 Å². The van der Waals surface area contributed by atoms with Crippen molar-refractivity contribution >= 4 is 11.9 Å². The number of benzene rings is 2. The van der Waals surface area contributed by atoms with Crippen LogP contribution in [0.1, 0.15) is 97.4 Å². The third kappa shape index (κ3) is 7.36. The maximum atomic E-state index is 12.7. The van der Waals surface area contributed by atoms with Crippen LogP contribution in [0.15, 0.2) is 48.5 Å². The molecule has 2 aliphatic rings. The highest BCUT2D eigenvalue weighted by molar-refractivity contribution is 5.92. The number of hydrogen-bond donors (Lipinski definition) is 0. The summed E-state index contributed by atoms with van der Waals surface area (Å²) in [6, 6.07) is 9.85. The van der Waals surface area contributed by atoms with E-state index in [2.05, 4.69) is 6.92 Å². The van der Waals surface area contributed by atoms with Gasteiger partial charge in [-0.05, 0) is 98.4 Å². The molecule has 37 heavy (non-hydrogen) atoms. The molecule has 2 fully saturated rings. The van der Waals surface area contributed by atoms with Gasteiger partial charge < -0.3 is 9.47 Å². The van der Waals surface area contributed by atoms with Gasteiger partial charge in [0.15, 0.2) is 0 Å². The molecule has 0 saturated heterocycles. The topological polar surface area (TPSA) is 52.6 Å². The molecule has 0 spiro atoms. The normalized spacial score (nSPS) is 23.7. The largest absolute Gasteiger partial charge is 0.459 e. The van der Waals surface area contributed by atoms with Crippen LogP contribution in [-0.4, -0.2) is 18.0 Å². The van der Waals surface area contributed by atoms with E-state index in [1.54, 1.807) is 0 Å². The van der Waals surface area contributed by atoms with Crippen LogP contribution in [0.25, 0.3) is 0 Å². The van der Waals surface area contributed by atoms with Crippen LogP contribution in [0.3, 0.4) is 0 Å². The SMILES string of the molecule is CCCCC[C@@H]1CC[C@H]2C[C@H](OC(=O)c3ccc(OC(=O)c4ccc(C(F)(F)F)cc4)cc3)CC[C@@H]2C1. The van der Waals surface area contributed by atoms with Crippen molar-refractivity contribution in [3.8, 4) is 5.75 Å². The number of carbonyl (C=O) groups is 2. The van der Waals surface area contributed by atoms with Crippen molar-refractivity contribution in [2.75, 3.05) is 0 Å². The molecule has 0 N–H and O–H groups in total. The number of unbranched alkanes of at least 4 members (excludes halogenated alkanes) is 2. The van der Waals surface area contributed by atoms with Crippen LogP contribution in [-0.2, 0) is 10.9 Å². The molecule has 0 unspecified atom stereocenters. The van der Waals surface area contributed by atoms with Crippen LogP contribution >= 0.6 is 0 Å². The predicted octanol–water partition coefficient (Wildman–Crippen LogP) is 8.25. The second-order valence-corrected chi connectivity index (χ2v) is 10.5. The number of alkyl halides is 3. The summed E-state index contributed by atoms with van der Waals surface area (Å²) in [7, 11) is 0. The first-order chi connectivity index (χ1) is 17.7. The number of ether oxygens (including phenoxy) is 2. The Morgan fingerprint density at radius 1 is 0.811 bits per heavy atom. The number of halogens is 3. The molecule has 2 aliphatic carbocycles. The smallest absolute Gasteiger partial charge is 0.416 e. The van der Waals surface area contributed by atoms with Gasteiger partial charge in [0.05, 0.1) is 16.7 Å². The Morgan fingerprint density at radius 2 is 1.43 bits per heavy atom. The minimum absolute atomic E-state index is 0.00193. The van der Waals surface area contributed by atoms with Crippen molar-refractivity contribution in [2.45, 2.75) is 83.4 Å². The first-order valence-electron chi connectivity index (χ1n) is 13.4. The summed E-state index contributed by atoms with van der Waals surface area (Å²) in [5.41, 5.74) is -0.464. The molecule has 4 atom stereocenters. The second-order valence-electron chi connectivity index (χ2n) is 10.5. The van der Waals surface area contributed by atoms with Gasteiger partial charge in [0, 0.05) is 0 Å². The van der Waals surface area contributed by atoms with Crippen LogP contribution < -0.4 is 4.74 Å². The van der Waals surface area contributed by atoms with Crippen molar-refractivity contribution < 1.29 is 32.2 Å². The quantitative estimate of drug-likeness (QED) is 0.201. The number of rotatable bonds is 8. The van der Waals surface area contributed by atoms with Gasteiger partial charge in [-0.25, -0.2) is 9.59 Å². The standard InChI is InChI=1S/C30H35F3O4/c1-2-3-4-5-20-6-7-24-19-27(17-12-23(24)18-20)37-29(35)22-10-15-26(16-11-22)36-28(34)21-8-13-25(14-9-21)30(31,32)33/h8-11,13-16,20,23-24,27H,2-7,12,17-19H2,1H3/t20-,23-,24+,27-/m1/s1. The van der Waals surface area contributed by atoms with Crippen LogP contribution in [0, 0.1) is 17.8 Å². The van der Waals surface area contributed by atoms with E-state index in [0.29, 0.717) is 11.5 Å². The lowest BCUT2D eigenvalue weighted by Crippen LogP contribution is -2.35. The van der Waals surface area contributed by atoms with Crippen LogP contribution in [0.5, 0.6) is 5.75 Å². The summed E-state index contributed by atoms with van der Waals surface area (Å²) in [6.07, 6.45) is 7.53. The molecular weight excluding hydrogens is 481 g/mol. The van der Waals surface area contributed by atoms with Crippen molar-refractivity contribution in [1.29, 1.82) is 0 Å². The van der Waals surface area contributed by atoms with Gasteiger partial charge in [-0.3, -0.25) is 0 Å². The minimum atomic E-state index is -4.47. The lowest BCUT2D eigenvalue weighted by molar-refractivity contribution is -0.137. The van der Waals surface area contributed by atoms with E-state index in [1.807, 2.05) is 0 Å². The van der Waals surface area contributed by atoms with Gasteiger partial charge in [0.1, 0.15) is 11.9 Å². The fourth-order valence-electron chi connectivity index (χ4n) is 5.84. The third-order valence-electron chi connectivity index (χ3n) is 7.91. The Hall–Kier alpha value is -2.83. The monoisotopic (exact) mass is 516 g/mol. The average molecular weight is 517 g/mol. The summed E-state index contributed by atoms with van der Waals surface area (Å²) in [4.78, 5) is 25.0. The zero-order chi connectivity index (χ0) is 26.4. The molecule has 0 aliphatic heterocycles. The molecule has 7 heteroatoms. The Kier molecular flexibility index (Phi) is 8.93. The maximum absolute atomic E-state index is 12.7. The number of carbonyl (C=O) groups excluding carboxylic acids is 2. The Bertz CT molecular complexity index is 1050. The number of fused-ring (bicyclic) bond motifs is 1. The molecule has 0 amide bonds. The fraction of sp³-hybridized carbons (Fsp3) is 0.533. The van der Waals surface area contributed by atoms with Crippen LogP contribution in [0.2, 0.25) is 0 Å². The van der Waals surface area contributed by atoms with E-state index < -0.39 is 23.7 Å². The van der Waals surface area contributed by atoms with Gasteiger partial charge >= 0.3 is 18.1 Å². The minimum Gasteiger partial charge on any atom is -0.459 e. The lowest BCUT2D eigenvalue weighted by Gasteiger charge is -2.42. The van der Waals surface area contributed by atoms with Gasteiger partial charge in [-0.1, -0.05) is 39.0 Å². The van der Waals surface area contributed by atoms with Gasteiger partial charge in [-0.15, -0.1) is 0 Å². The first kappa shape index (κ1) is 27.2. The summed E-state index contributed by atoms with van der Waals surface area (Å²) in [5.74, 6) is 1.28. The molecule has 0 bridgehead atoms. The summed E-state index contributed by atoms with van der Waals surface area (Å²) < 4.78 is 49.2. The van der Waals surface area contributed by atoms with Crippen LogP contribution in [0.4, 0.5) is 13.2 Å². The average Bonchev–Trinajstić information content (AvgIpc) is 2.89.